The molecule has 1 aromatic carbocycles. The smallest absolute Gasteiger partial charge is 0.152 e. The molecule has 2 aromatic rings. The average Bonchev–Trinajstić information content (AvgIpc) is 2.75. The quantitative estimate of drug-likeness (QED) is 0.911. The normalized spacial score (nSPS) is 14.5. The topological polar surface area (TPSA) is 26.0 Å². The maximum absolute atomic E-state index is 14.8. The van der Waals surface area contributed by atoms with Gasteiger partial charge in [-0.15, -0.1) is 11.3 Å². The van der Waals surface area contributed by atoms with Gasteiger partial charge in [0.25, 0.3) is 0 Å². The van der Waals surface area contributed by atoms with Gasteiger partial charge >= 0.3 is 0 Å². The molecular formula is C13H13BrFNS. The highest BCUT2D eigenvalue weighted by Gasteiger charge is 2.31. The van der Waals surface area contributed by atoms with Crippen LogP contribution in [0.4, 0.5) is 4.39 Å². The number of thiophene rings is 1. The fourth-order valence-electron chi connectivity index (χ4n) is 1.75. The summed E-state index contributed by atoms with van der Waals surface area (Å²) < 4.78 is 15.8. The molecule has 17 heavy (non-hydrogen) atoms. The Labute approximate surface area is 113 Å². The lowest BCUT2D eigenvalue weighted by Gasteiger charge is -2.23. The number of alkyl halides is 1. The summed E-state index contributed by atoms with van der Waals surface area (Å²) in [6, 6.07) is 13.0. The number of hydrogen-bond donors (Lipinski definition) is 1. The third-order valence-electron chi connectivity index (χ3n) is 2.70. The molecule has 0 radical (unpaired) electrons. The van der Waals surface area contributed by atoms with Crippen molar-refractivity contribution in [2.24, 2.45) is 5.73 Å². The Morgan fingerprint density at radius 2 is 1.88 bits per heavy atom. The number of benzene rings is 1. The number of rotatable bonds is 4. The van der Waals surface area contributed by atoms with Crippen LogP contribution in [0.2, 0.25) is 0 Å². The molecular weight excluding hydrogens is 301 g/mol. The summed E-state index contributed by atoms with van der Waals surface area (Å²) in [4.78, 5) is 0.994. The molecule has 0 spiro atoms. The predicted molar refractivity (Wildman–Crippen MR) is 74.0 cm³/mol. The Hall–Kier alpha value is -0.710. The first-order valence-electron chi connectivity index (χ1n) is 5.33. The second kappa shape index (κ2) is 5.29. The SMILES string of the molecule is NCC(F)(Cc1ccc(Br)s1)c1ccccc1. The van der Waals surface area contributed by atoms with Crippen LogP contribution < -0.4 is 5.73 Å². The third kappa shape index (κ3) is 2.94. The molecule has 2 N–H and O–H groups in total. The number of nitrogens with two attached hydrogens (primary N) is 1. The first-order valence-corrected chi connectivity index (χ1v) is 6.94. The van der Waals surface area contributed by atoms with Crippen molar-refractivity contribution < 1.29 is 4.39 Å². The standard InChI is InChI=1S/C13H13BrFNS/c14-12-7-6-11(17-12)8-13(15,9-16)10-4-2-1-3-5-10/h1-7H,8-9,16H2. The van der Waals surface area contributed by atoms with Crippen LogP contribution >= 0.6 is 27.3 Å². The lowest BCUT2D eigenvalue weighted by atomic mass is 9.92. The van der Waals surface area contributed by atoms with Gasteiger partial charge in [-0.2, -0.15) is 0 Å². The third-order valence-corrected chi connectivity index (χ3v) is 4.32. The van der Waals surface area contributed by atoms with Gasteiger partial charge in [0.05, 0.1) is 3.79 Å². The van der Waals surface area contributed by atoms with Gasteiger partial charge in [0.2, 0.25) is 0 Å². The fraction of sp³-hybridized carbons (Fsp3) is 0.231. The second-order valence-corrected chi connectivity index (χ2v) is 6.47. The van der Waals surface area contributed by atoms with Crippen molar-refractivity contribution in [1.82, 2.24) is 0 Å². The van der Waals surface area contributed by atoms with Crippen LogP contribution in [0.1, 0.15) is 10.4 Å². The van der Waals surface area contributed by atoms with E-state index in [-0.39, 0.29) is 6.54 Å². The summed E-state index contributed by atoms with van der Waals surface area (Å²) in [6.07, 6.45) is 0.323. The second-order valence-electron chi connectivity index (χ2n) is 3.92. The summed E-state index contributed by atoms with van der Waals surface area (Å²) in [6.45, 7) is -0.00741. The first kappa shape index (κ1) is 12.7. The molecule has 0 aliphatic rings. The highest BCUT2D eigenvalue weighted by atomic mass is 79.9. The van der Waals surface area contributed by atoms with Gasteiger partial charge in [-0.25, -0.2) is 4.39 Å². The first-order chi connectivity index (χ1) is 8.14. The summed E-state index contributed by atoms with van der Waals surface area (Å²) in [7, 11) is 0. The fourth-order valence-corrected chi connectivity index (χ4v) is 3.33. The van der Waals surface area contributed by atoms with Gasteiger partial charge in [-0.3, -0.25) is 0 Å². The molecule has 1 unspecified atom stereocenters. The largest absolute Gasteiger partial charge is 0.327 e. The molecule has 0 fully saturated rings. The summed E-state index contributed by atoms with van der Waals surface area (Å²) in [5.74, 6) is 0. The van der Waals surface area contributed by atoms with E-state index in [4.69, 9.17) is 5.73 Å². The van der Waals surface area contributed by atoms with E-state index in [9.17, 15) is 4.39 Å². The van der Waals surface area contributed by atoms with E-state index in [0.717, 1.165) is 8.66 Å². The van der Waals surface area contributed by atoms with Gasteiger partial charge in [-0.05, 0) is 33.6 Å². The monoisotopic (exact) mass is 313 g/mol. The van der Waals surface area contributed by atoms with Crippen molar-refractivity contribution in [3.8, 4) is 0 Å². The molecule has 0 aliphatic heterocycles. The Morgan fingerprint density at radius 1 is 1.18 bits per heavy atom. The molecule has 0 saturated carbocycles. The van der Waals surface area contributed by atoms with Crippen molar-refractivity contribution >= 4 is 27.3 Å². The molecule has 4 heteroatoms. The van der Waals surface area contributed by atoms with Crippen LogP contribution in [-0.4, -0.2) is 6.54 Å². The molecule has 90 valence electrons. The van der Waals surface area contributed by atoms with Crippen LogP contribution in [-0.2, 0) is 12.1 Å². The van der Waals surface area contributed by atoms with Crippen LogP contribution in [0.15, 0.2) is 46.3 Å². The predicted octanol–water partition coefficient (Wildman–Crippen LogP) is 3.88. The number of halogens is 2. The van der Waals surface area contributed by atoms with Gasteiger partial charge in [0.1, 0.15) is 0 Å². The van der Waals surface area contributed by atoms with E-state index < -0.39 is 5.67 Å². The van der Waals surface area contributed by atoms with Crippen molar-refractivity contribution in [3.05, 3.63) is 56.7 Å². The van der Waals surface area contributed by atoms with Crippen molar-refractivity contribution in [2.75, 3.05) is 6.54 Å². The van der Waals surface area contributed by atoms with Crippen molar-refractivity contribution in [1.29, 1.82) is 0 Å². The highest BCUT2D eigenvalue weighted by Crippen LogP contribution is 2.33. The lowest BCUT2D eigenvalue weighted by Crippen LogP contribution is -2.32. The van der Waals surface area contributed by atoms with Gasteiger partial charge in [-0.1, -0.05) is 30.3 Å². The molecule has 0 bridgehead atoms. The number of hydrogen-bond acceptors (Lipinski definition) is 2. The molecule has 1 nitrogen and oxygen atoms in total. The molecule has 1 aromatic heterocycles. The molecule has 0 aliphatic carbocycles. The highest BCUT2D eigenvalue weighted by molar-refractivity contribution is 9.11. The van der Waals surface area contributed by atoms with Gasteiger partial charge < -0.3 is 5.73 Å². The molecule has 2 rings (SSSR count). The summed E-state index contributed by atoms with van der Waals surface area (Å²) >= 11 is 4.93. The van der Waals surface area contributed by atoms with E-state index in [1.54, 1.807) is 23.5 Å². The Bertz CT molecular complexity index is 485. The molecule has 0 amide bonds. The van der Waals surface area contributed by atoms with Crippen LogP contribution in [0.25, 0.3) is 0 Å². The van der Waals surface area contributed by atoms with Crippen LogP contribution in [0.5, 0.6) is 0 Å². The maximum Gasteiger partial charge on any atom is 0.152 e. The minimum Gasteiger partial charge on any atom is -0.327 e. The van der Waals surface area contributed by atoms with Crippen molar-refractivity contribution in [3.63, 3.8) is 0 Å². The van der Waals surface area contributed by atoms with Gasteiger partial charge in [0, 0.05) is 17.8 Å². The molecule has 1 heterocycles. The Morgan fingerprint density at radius 3 is 2.41 bits per heavy atom. The minimum absolute atomic E-state index is 0.00741. The molecule has 1 atom stereocenters. The zero-order chi connectivity index (χ0) is 12.3. The van der Waals surface area contributed by atoms with E-state index >= 15 is 0 Å². The van der Waals surface area contributed by atoms with Crippen LogP contribution in [0.3, 0.4) is 0 Å². The summed E-state index contributed by atoms with van der Waals surface area (Å²) in [5, 5.41) is 0. The van der Waals surface area contributed by atoms with E-state index in [0.29, 0.717) is 12.0 Å². The lowest BCUT2D eigenvalue weighted by molar-refractivity contribution is 0.176. The van der Waals surface area contributed by atoms with E-state index in [2.05, 4.69) is 15.9 Å². The maximum atomic E-state index is 14.8. The Kier molecular flexibility index (Phi) is 3.97. The Balaban J connectivity index is 2.26. The average molecular weight is 314 g/mol. The van der Waals surface area contributed by atoms with E-state index in [1.165, 1.54) is 0 Å². The van der Waals surface area contributed by atoms with Crippen LogP contribution in [0, 0.1) is 0 Å². The van der Waals surface area contributed by atoms with Gasteiger partial charge in [0.15, 0.2) is 5.67 Å². The summed E-state index contributed by atoms with van der Waals surface area (Å²) in [5.41, 5.74) is 4.78. The van der Waals surface area contributed by atoms with E-state index in [1.807, 2.05) is 30.3 Å². The zero-order valence-electron chi connectivity index (χ0n) is 9.20. The van der Waals surface area contributed by atoms with Crippen molar-refractivity contribution in [2.45, 2.75) is 12.1 Å². The minimum atomic E-state index is -1.48. The molecule has 0 saturated heterocycles. The zero-order valence-corrected chi connectivity index (χ0v) is 11.6.